The lowest BCUT2D eigenvalue weighted by molar-refractivity contribution is 0.102. The van der Waals surface area contributed by atoms with E-state index in [1.165, 1.54) is 31.9 Å². The summed E-state index contributed by atoms with van der Waals surface area (Å²) < 4.78 is 16.1. The van der Waals surface area contributed by atoms with Crippen LogP contribution in [0, 0.1) is 6.92 Å². The van der Waals surface area contributed by atoms with Crippen LogP contribution in [0.5, 0.6) is 17.4 Å². The molecule has 0 saturated heterocycles. The Labute approximate surface area is 165 Å². The zero-order valence-electron chi connectivity index (χ0n) is 15.3. The van der Waals surface area contributed by atoms with Gasteiger partial charge in [0, 0.05) is 12.1 Å². The first-order valence-corrected chi connectivity index (χ1v) is 9.29. The second kappa shape index (κ2) is 7.98. The second-order valence-electron chi connectivity index (χ2n) is 5.49. The van der Waals surface area contributed by atoms with Gasteiger partial charge in [-0.15, -0.1) is 11.3 Å². The van der Waals surface area contributed by atoms with Gasteiger partial charge in [0.2, 0.25) is 5.88 Å². The first kappa shape index (κ1) is 19.2. The van der Waals surface area contributed by atoms with Crippen molar-refractivity contribution >= 4 is 44.7 Å². The highest BCUT2D eigenvalue weighted by Crippen LogP contribution is 2.38. The minimum Gasteiger partial charge on any atom is -0.495 e. The van der Waals surface area contributed by atoms with E-state index in [-0.39, 0.29) is 5.91 Å². The summed E-state index contributed by atoms with van der Waals surface area (Å²) in [5, 5.41) is 3.99. The summed E-state index contributed by atoms with van der Waals surface area (Å²) in [6.07, 6.45) is 1.43. The topological polar surface area (TPSA) is 82.6 Å². The van der Waals surface area contributed by atoms with Gasteiger partial charge in [0.15, 0.2) is 0 Å². The number of anilines is 1. The number of halogens is 1. The van der Waals surface area contributed by atoms with Crippen molar-refractivity contribution in [1.82, 2.24) is 9.97 Å². The first-order chi connectivity index (χ1) is 13.0. The van der Waals surface area contributed by atoms with Gasteiger partial charge in [0.1, 0.15) is 22.7 Å². The van der Waals surface area contributed by atoms with Crippen LogP contribution in [0.4, 0.5) is 5.69 Å². The number of nitrogens with one attached hydrogen (secondary N) is 1. The predicted molar refractivity (Wildman–Crippen MR) is 106 cm³/mol. The van der Waals surface area contributed by atoms with Crippen LogP contribution < -0.4 is 19.5 Å². The van der Waals surface area contributed by atoms with Gasteiger partial charge in [-0.2, -0.15) is 0 Å². The molecule has 3 rings (SSSR count). The van der Waals surface area contributed by atoms with Gasteiger partial charge in [0.05, 0.1) is 41.8 Å². The van der Waals surface area contributed by atoms with Gasteiger partial charge in [-0.05, 0) is 19.4 Å². The minimum atomic E-state index is -0.291. The maximum absolute atomic E-state index is 12.9. The zero-order chi connectivity index (χ0) is 19.6. The lowest BCUT2D eigenvalue weighted by Crippen LogP contribution is -2.12. The van der Waals surface area contributed by atoms with E-state index in [4.69, 9.17) is 25.8 Å². The van der Waals surface area contributed by atoms with Gasteiger partial charge in [0.25, 0.3) is 5.91 Å². The number of carbonyl (C=O) groups excluding carboxylic acids is 1. The maximum atomic E-state index is 12.9. The Kier molecular flexibility index (Phi) is 5.67. The summed E-state index contributed by atoms with van der Waals surface area (Å²) in [4.78, 5) is 22.5. The van der Waals surface area contributed by atoms with Crippen molar-refractivity contribution < 1.29 is 19.0 Å². The van der Waals surface area contributed by atoms with E-state index in [2.05, 4.69) is 15.3 Å². The number of hydrogen-bond donors (Lipinski definition) is 1. The Morgan fingerprint density at radius 3 is 2.63 bits per heavy atom. The molecule has 2 heterocycles. The lowest BCUT2D eigenvalue weighted by Gasteiger charge is -2.13. The number of hydrogen-bond acceptors (Lipinski definition) is 7. The highest BCUT2D eigenvalue weighted by Gasteiger charge is 2.21. The molecule has 0 atom stereocenters. The van der Waals surface area contributed by atoms with Crippen molar-refractivity contribution in [3.05, 3.63) is 33.9 Å². The number of fused-ring (bicyclic) bond motifs is 1. The van der Waals surface area contributed by atoms with Crippen LogP contribution in [-0.4, -0.2) is 36.7 Å². The number of nitrogens with zero attached hydrogens (tertiary/aromatic N) is 2. The van der Waals surface area contributed by atoms with Crippen LogP contribution >= 0.6 is 22.9 Å². The van der Waals surface area contributed by atoms with E-state index in [0.717, 1.165) is 10.9 Å². The molecule has 0 unspecified atom stereocenters. The van der Waals surface area contributed by atoms with Gasteiger partial charge < -0.3 is 19.5 Å². The quantitative estimate of drug-likeness (QED) is 0.655. The summed E-state index contributed by atoms with van der Waals surface area (Å²) >= 11 is 7.39. The van der Waals surface area contributed by atoms with Crippen LogP contribution in [0.15, 0.2) is 18.5 Å². The normalized spacial score (nSPS) is 10.7. The molecule has 0 spiro atoms. The molecule has 0 aliphatic rings. The molecule has 2 aromatic heterocycles. The smallest absolute Gasteiger partial charge is 0.266 e. The summed E-state index contributed by atoms with van der Waals surface area (Å²) in [6.45, 7) is 4.20. The van der Waals surface area contributed by atoms with E-state index >= 15 is 0 Å². The third-order valence-corrected chi connectivity index (χ3v) is 5.40. The summed E-state index contributed by atoms with van der Waals surface area (Å²) in [5.41, 5.74) is 1.22. The van der Waals surface area contributed by atoms with Gasteiger partial charge >= 0.3 is 0 Å². The summed E-state index contributed by atoms with van der Waals surface area (Å²) in [6, 6.07) is 3.21. The van der Waals surface area contributed by atoms with E-state index < -0.39 is 0 Å². The number of rotatable bonds is 6. The summed E-state index contributed by atoms with van der Waals surface area (Å²) in [7, 11) is 3.01. The molecule has 1 aromatic carbocycles. The van der Waals surface area contributed by atoms with Gasteiger partial charge in [-0.3, -0.25) is 4.79 Å². The Bertz CT molecular complexity index is 1010. The molecule has 0 aliphatic heterocycles. The third kappa shape index (κ3) is 3.63. The number of methoxy groups -OCH3 is 2. The SMILES string of the molecule is CCOc1ncnc2sc(C(=O)Nc3cc(OC)c(Cl)cc3OC)c(C)c12. The minimum absolute atomic E-state index is 0.291. The maximum Gasteiger partial charge on any atom is 0.266 e. The first-order valence-electron chi connectivity index (χ1n) is 8.09. The van der Waals surface area contributed by atoms with Crippen molar-refractivity contribution in [2.45, 2.75) is 13.8 Å². The largest absolute Gasteiger partial charge is 0.495 e. The molecule has 0 saturated carbocycles. The Morgan fingerprint density at radius 2 is 1.96 bits per heavy atom. The molecular formula is C18H18ClN3O4S. The van der Waals surface area contributed by atoms with E-state index in [9.17, 15) is 4.79 Å². The number of thiophene rings is 1. The van der Waals surface area contributed by atoms with E-state index in [1.807, 2.05) is 13.8 Å². The summed E-state index contributed by atoms with van der Waals surface area (Å²) in [5.74, 6) is 1.05. The van der Waals surface area contributed by atoms with Crippen LogP contribution in [0.3, 0.4) is 0 Å². The van der Waals surface area contributed by atoms with Crippen molar-refractivity contribution in [3.63, 3.8) is 0 Å². The number of aromatic nitrogens is 2. The molecule has 0 fully saturated rings. The second-order valence-corrected chi connectivity index (χ2v) is 6.90. The van der Waals surface area contributed by atoms with E-state index in [1.54, 1.807) is 12.1 Å². The average Bonchev–Trinajstić information content (AvgIpc) is 3.01. The number of amides is 1. The fourth-order valence-electron chi connectivity index (χ4n) is 2.64. The molecule has 7 nitrogen and oxygen atoms in total. The molecule has 0 bridgehead atoms. The monoisotopic (exact) mass is 407 g/mol. The lowest BCUT2D eigenvalue weighted by atomic mass is 10.2. The van der Waals surface area contributed by atoms with Gasteiger partial charge in [-0.1, -0.05) is 11.6 Å². The van der Waals surface area contributed by atoms with Crippen molar-refractivity contribution in [2.24, 2.45) is 0 Å². The van der Waals surface area contributed by atoms with Crippen molar-refractivity contribution in [1.29, 1.82) is 0 Å². The fraction of sp³-hybridized carbons (Fsp3) is 0.278. The number of benzene rings is 1. The molecule has 1 N–H and O–H groups in total. The molecule has 9 heteroatoms. The average molecular weight is 408 g/mol. The van der Waals surface area contributed by atoms with E-state index in [0.29, 0.717) is 44.4 Å². The highest BCUT2D eigenvalue weighted by molar-refractivity contribution is 7.20. The fourth-order valence-corrected chi connectivity index (χ4v) is 3.90. The zero-order valence-corrected chi connectivity index (χ0v) is 16.8. The standard InChI is InChI=1S/C18H18ClN3O4S/c1-5-26-17-14-9(2)15(27-18(14)21-8-20-17)16(23)22-11-7-12(24-3)10(19)6-13(11)25-4/h6-8H,5H2,1-4H3,(H,22,23). The molecule has 3 aromatic rings. The Balaban J connectivity index is 2.00. The van der Waals surface area contributed by atoms with Gasteiger partial charge in [-0.25, -0.2) is 9.97 Å². The number of carbonyl (C=O) groups is 1. The molecule has 142 valence electrons. The predicted octanol–water partition coefficient (Wildman–Crippen LogP) is 4.32. The third-order valence-electron chi connectivity index (χ3n) is 3.90. The Morgan fingerprint density at radius 1 is 1.22 bits per heavy atom. The molecule has 0 aliphatic carbocycles. The van der Waals surface area contributed by atoms with Crippen LogP contribution in [0.1, 0.15) is 22.2 Å². The van der Waals surface area contributed by atoms with Crippen molar-refractivity contribution in [3.8, 4) is 17.4 Å². The van der Waals surface area contributed by atoms with Crippen LogP contribution in [0.2, 0.25) is 5.02 Å². The number of ether oxygens (including phenoxy) is 3. The van der Waals surface area contributed by atoms with Crippen molar-refractivity contribution in [2.75, 3.05) is 26.1 Å². The van der Waals surface area contributed by atoms with Crippen LogP contribution in [0.25, 0.3) is 10.2 Å². The molecule has 0 radical (unpaired) electrons. The van der Waals surface area contributed by atoms with Crippen LogP contribution in [-0.2, 0) is 0 Å². The Hall–Kier alpha value is -2.58. The molecular weight excluding hydrogens is 390 g/mol. The molecule has 27 heavy (non-hydrogen) atoms. The number of aryl methyl sites for hydroxylation is 1. The highest BCUT2D eigenvalue weighted by atomic mass is 35.5. The molecule has 1 amide bonds.